The molecule has 188 valence electrons. The largest absolute Gasteiger partial charge is 0.322 e. The highest BCUT2D eigenvalue weighted by Crippen LogP contribution is 2.28. The van der Waals surface area contributed by atoms with E-state index in [4.69, 9.17) is 0 Å². The zero-order chi connectivity index (χ0) is 25.6. The van der Waals surface area contributed by atoms with Gasteiger partial charge in [0, 0.05) is 36.6 Å². The van der Waals surface area contributed by atoms with Crippen LogP contribution in [0.25, 0.3) is 10.9 Å². The third-order valence-electron chi connectivity index (χ3n) is 6.59. The van der Waals surface area contributed by atoms with E-state index in [0.29, 0.717) is 25.2 Å². The average molecular weight is 494 g/mol. The van der Waals surface area contributed by atoms with Gasteiger partial charge in [-0.25, -0.2) is 4.68 Å². The van der Waals surface area contributed by atoms with Crippen LogP contribution in [0.3, 0.4) is 0 Å². The molecular weight excluding hydrogens is 462 g/mol. The first-order valence-electron chi connectivity index (χ1n) is 12.7. The van der Waals surface area contributed by atoms with Gasteiger partial charge in [-0.2, -0.15) is 0 Å². The van der Waals surface area contributed by atoms with Crippen LogP contribution in [0.2, 0.25) is 0 Å². The molecule has 1 unspecified atom stereocenters. The fraction of sp³-hybridized carbons (Fsp3) is 0.276. The molecule has 0 radical (unpaired) electrons. The summed E-state index contributed by atoms with van der Waals surface area (Å²) in [5.74, 6) is 0.794. The summed E-state index contributed by atoms with van der Waals surface area (Å²) in [6.07, 6.45) is 5.44. The summed E-state index contributed by atoms with van der Waals surface area (Å²) in [5, 5.41) is 13.9. The van der Waals surface area contributed by atoms with E-state index in [2.05, 4.69) is 68.5 Å². The smallest absolute Gasteiger partial charge is 0.252 e. The molecule has 0 aliphatic rings. The van der Waals surface area contributed by atoms with Crippen molar-refractivity contribution >= 4 is 10.9 Å². The highest BCUT2D eigenvalue weighted by atomic mass is 16.1. The summed E-state index contributed by atoms with van der Waals surface area (Å²) in [6.45, 7) is 5.87. The second kappa shape index (κ2) is 11.3. The molecule has 1 N–H and O–H groups in total. The molecule has 1 atom stereocenters. The maximum absolute atomic E-state index is 13.1. The Morgan fingerprint density at radius 1 is 1.00 bits per heavy atom. The Morgan fingerprint density at radius 3 is 2.62 bits per heavy atom. The first-order valence-corrected chi connectivity index (χ1v) is 12.7. The van der Waals surface area contributed by atoms with E-state index < -0.39 is 0 Å². The van der Waals surface area contributed by atoms with E-state index in [1.54, 1.807) is 6.20 Å². The summed E-state index contributed by atoms with van der Waals surface area (Å²) in [6, 6.07) is 22.2. The molecule has 8 heteroatoms. The highest BCUT2D eigenvalue weighted by Gasteiger charge is 2.27. The van der Waals surface area contributed by atoms with Crippen LogP contribution in [0.15, 0.2) is 83.9 Å². The maximum Gasteiger partial charge on any atom is 0.252 e. The number of hydrogen-bond donors (Lipinski definition) is 1. The lowest BCUT2D eigenvalue weighted by atomic mass is 10.1. The zero-order valence-electron chi connectivity index (χ0n) is 21.2. The van der Waals surface area contributed by atoms with Crippen molar-refractivity contribution < 1.29 is 0 Å². The van der Waals surface area contributed by atoms with Crippen molar-refractivity contribution in [3.05, 3.63) is 118 Å². The summed E-state index contributed by atoms with van der Waals surface area (Å²) in [7, 11) is 0. The lowest BCUT2D eigenvalue weighted by Gasteiger charge is -2.31. The normalized spacial score (nSPS) is 12.3. The van der Waals surface area contributed by atoms with Crippen LogP contribution in [0.5, 0.6) is 0 Å². The Kier molecular flexibility index (Phi) is 7.46. The van der Waals surface area contributed by atoms with Gasteiger partial charge in [0.15, 0.2) is 5.82 Å². The lowest BCUT2D eigenvalue weighted by molar-refractivity contribution is 0.156. The van der Waals surface area contributed by atoms with Crippen molar-refractivity contribution in [2.45, 2.75) is 52.4 Å². The van der Waals surface area contributed by atoms with Crippen LogP contribution in [-0.2, 0) is 19.6 Å². The Bertz CT molecular complexity index is 1510. The number of fused-ring (bicyclic) bond motifs is 1. The average Bonchev–Trinajstić information content (AvgIpc) is 3.36. The van der Waals surface area contributed by atoms with E-state index >= 15 is 0 Å². The van der Waals surface area contributed by atoms with Gasteiger partial charge in [-0.1, -0.05) is 61.4 Å². The fourth-order valence-electron chi connectivity index (χ4n) is 4.78. The molecule has 0 bridgehead atoms. The number of nitrogens with zero attached hydrogens (tertiary/aromatic N) is 6. The summed E-state index contributed by atoms with van der Waals surface area (Å²) >= 11 is 0. The predicted octanol–water partition coefficient (Wildman–Crippen LogP) is 4.81. The minimum Gasteiger partial charge on any atom is -0.322 e. The lowest BCUT2D eigenvalue weighted by Crippen LogP contribution is -2.32. The van der Waals surface area contributed by atoms with Gasteiger partial charge in [0.2, 0.25) is 0 Å². The molecule has 0 aliphatic carbocycles. The molecule has 0 saturated carbocycles. The van der Waals surface area contributed by atoms with Gasteiger partial charge in [0.05, 0.1) is 12.6 Å². The van der Waals surface area contributed by atoms with Crippen molar-refractivity contribution in [2.75, 3.05) is 0 Å². The van der Waals surface area contributed by atoms with Crippen LogP contribution in [-0.4, -0.2) is 35.1 Å². The number of aromatic amines is 1. The Balaban J connectivity index is 1.54. The SMILES string of the molecule is CCCC(c1nnnn1Cc1ccccc1)N(Cc1cccnc1)Cc1cc2cc(C)ccc2[nH]c1=O. The zero-order valence-corrected chi connectivity index (χ0v) is 21.2. The van der Waals surface area contributed by atoms with E-state index in [1.807, 2.05) is 53.3 Å². The second-order valence-corrected chi connectivity index (χ2v) is 9.47. The Morgan fingerprint density at radius 2 is 1.84 bits per heavy atom. The monoisotopic (exact) mass is 493 g/mol. The summed E-state index contributed by atoms with van der Waals surface area (Å²) < 4.78 is 1.87. The van der Waals surface area contributed by atoms with Crippen molar-refractivity contribution in [2.24, 2.45) is 0 Å². The quantitative estimate of drug-likeness (QED) is 0.300. The van der Waals surface area contributed by atoms with E-state index in [9.17, 15) is 4.79 Å². The van der Waals surface area contributed by atoms with Crippen molar-refractivity contribution in [3.63, 3.8) is 0 Å². The van der Waals surface area contributed by atoms with Crippen LogP contribution < -0.4 is 5.56 Å². The number of tetrazole rings is 1. The van der Waals surface area contributed by atoms with Gasteiger partial charge in [0.1, 0.15) is 0 Å². The highest BCUT2D eigenvalue weighted by molar-refractivity contribution is 5.79. The molecular formula is C29H31N7O. The standard InChI is InChI=1S/C29H31N7O/c1-3-8-27(28-32-33-34-36(28)19-22-9-5-4-6-10-22)35(18-23-11-7-14-30-17-23)20-25-16-24-15-21(2)12-13-26(24)31-29(25)37/h4-7,9-17,27H,3,8,18-20H2,1-2H3,(H,31,37). The van der Waals surface area contributed by atoms with Gasteiger partial charge in [-0.15, -0.1) is 5.10 Å². The number of aryl methyl sites for hydroxylation is 1. The number of pyridine rings is 2. The van der Waals surface area contributed by atoms with Crippen molar-refractivity contribution in [3.8, 4) is 0 Å². The third-order valence-corrected chi connectivity index (χ3v) is 6.59. The van der Waals surface area contributed by atoms with Crippen LogP contribution in [0.1, 0.15) is 53.9 Å². The van der Waals surface area contributed by atoms with E-state index in [-0.39, 0.29) is 11.6 Å². The number of rotatable bonds is 10. The molecule has 3 heterocycles. The molecule has 3 aromatic heterocycles. The van der Waals surface area contributed by atoms with Gasteiger partial charge >= 0.3 is 0 Å². The molecule has 0 saturated heterocycles. The number of aromatic nitrogens is 6. The van der Waals surface area contributed by atoms with E-state index in [1.165, 1.54) is 0 Å². The molecule has 5 rings (SSSR count). The molecule has 8 nitrogen and oxygen atoms in total. The van der Waals surface area contributed by atoms with Gasteiger partial charge in [-0.3, -0.25) is 14.7 Å². The molecule has 5 aromatic rings. The fourth-order valence-corrected chi connectivity index (χ4v) is 4.78. The second-order valence-electron chi connectivity index (χ2n) is 9.47. The molecule has 0 fully saturated rings. The molecule has 0 aliphatic heterocycles. The van der Waals surface area contributed by atoms with Gasteiger partial charge in [-0.05, 0) is 64.5 Å². The predicted molar refractivity (Wildman–Crippen MR) is 144 cm³/mol. The summed E-state index contributed by atoms with van der Waals surface area (Å²) in [4.78, 5) is 22.8. The molecule has 0 spiro atoms. The molecule has 37 heavy (non-hydrogen) atoms. The van der Waals surface area contributed by atoms with E-state index in [0.717, 1.165) is 46.3 Å². The number of benzene rings is 2. The molecule has 0 amide bonds. The first-order chi connectivity index (χ1) is 18.1. The van der Waals surface area contributed by atoms with Crippen molar-refractivity contribution in [1.29, 1.82) is 0 Å². The minimum absolute atomic E-state index is 0.0772. The van der Waals surface area contributed by atoms with Gasteiger partial charge < -0.3 is 4.98 Å². The Hall–Kier alpha value is -4.17. The number of hydrogen-bond acceptors (Lipinski definition) is 6. The number of nitrogens with one attached hydrogen (secondary N) is 1. The van der Waals surface area contributed by atoms with Gasteiger partial charge in [0.25, 0.3) is 5.56 Å². The van der Waals surface area contributed by atoms with Crippen LogP contribution >= 0.6 is 0 Å². The first kappa shape index (κ1) is 24.5. The maximum atomic E-state index is 13.1. The number of H-pyrrole nitrogens is 1. The van der Waals surface area contributed by atoms with Crippen LogP contribution in [0.4, 0.5) is 0 Å². The molecule has 2 aromatic carbocycles. The Labute approximate surface area is 216 Å². The van der Waals surface area contributed by atoms with Crippen molar-refractivity contribution in [1.82, 2.24) is 35.1 Å². The summed E-state index contributed by atoms with van der Waals surface area (Å²) in [5.41, 5.74) is 4.83. The topological polar surface area (TPSA) is 92.6 Å². The van der Waals surface area contributed by atoms with Crippen LogP contribution in [0, 0.1) is 6.92 Å². The third kappa shape index (κ3) is 5.81. The minimum atomic E-state index is -0.0866.